The second kappa shape index (κ2) is 10.7. The summed E-state index contributed by atoms with van der Waals surface area (Å²) in [5, 5.41) is 12.3. The first-order valence-corrected chi connectivity index (χ1v) is 13.3. The zero-order chi connectivity index (χ0) is 25.9. The zero-order valence-corrected chi connectivity index (χ0v) is 22.0. The minimum Gasteiger partial charge on any atom is -0.494 e. The summed E-state index contributed by atoms with van der Waals surface area (Å²) in [5.41, 5.74) is 11.3. The number of hydrogen-bond acceptors (Lipinski definition) is 7. The lowest BCUT2D eigenvalue weighted by Crippen LogP contribution is -2.19. The number of nitrogens with zero attached hydrogens (tertiary/aromatic N) is 1. The number of carbonyl (C=O) groups is 1. The van der Waals surface area contributed by atoms with E-state index in [0.29, 0.717) is 17.9 Å². The smallest absolute Gasteiger partial charge is 0.277 e. The van der Waals surface area contributed by atoms with Crippen LogP contribution in [0.25, 0.3) is 21.7 Å². The second-order valence-corrected chi connectivity index (χ2v) is 10.2. The number of anilines is 2. The van der Waals surface area contributed by atoms with Crippen molar-refractivity contribution in [3.05, 3.63) is 90.1 Å². The van der Waals surface area contributed by atoms with Crippen LogP contribution in [0.3, 0.4) is 0 Å². The number of aromatic nitrogens is 1. The summed E-state index contributed by atoms with van der Waals surface area (Å²) < 4.78 is 11.0. The standard InChI is InChI=1S/C28H26N4O3S2/c1-3-35-19-10-14-20(15-11-19)36-31-25-16-24-26(28(33)30-34)17(2)32(37-21-12-8-18(29)9-13-21)27(24)23-7-5-4-6-22(23)25/h4-16,31,34H,3,29H2,1-2H3,(H,30,33). The molecule has 1 aromatic heterocycles. The number of amides is 1. The van der Waals surface area contributed by atoms with Crippen LogP contribution in [0.15, 0.2) is 88.7 Å². The molecule has 5 rings (SSSR count). The summed E-state index contributed by atoms with van der Waals surface area (Å²) in [6, 6.07) is 25.5. The Labute approximate surface area is 223 Å². The van der Waals surface area contributed by atoms with Crippen LogP contribution >= 0.6 is 23.9 Å². The van der Waals surface area contributed by atoms with Gasteiger partial charge in [-0.2, -0.15) is 0 Å². The van der Waals surface area contributed by atoms with Crippen molar-refractivity contribution in [3.63, 3.8) is 0 Å². The molecule has 0 radical (unpaired) electrons. The molecule has 1 heterocycles. The number of nitrogen functional groups attached to an aromatic ring is 1. The molecule has 37 heavy (non-hydrogen) atoms. The molecule has 5 aromatic rings. The predicted molar refractivity (Wildman–Crippen MR) is 153 cm³/mol. The molecular formula is C28H26N4O3S2. The number of benzene rings is 4. The van der Waals surface area contributed by atoms with Gasteiger partial charge in [0, 0.05) is 37.3 Å². The fraction of sp³-hybridized carbons (Fsp3) is 0.107. The van der Waals surface area contributed by atoms with Crippen molar-refractivity contribution < 1.29 is 14.7 Å². The summed E-state index contributed by atoms with van der Waals surface area (Å²) in [4.78, 5) is 14.8. The molecule has 0 spiro atoms. The van der Waals surface area contributed by atoms with E-state index in [-0.39, 0.29) is 0 Å². The van der Waals surface area contributed by atoms with Crippen LogP contribution in [0.5, 0.6) is 5.75 Å². The minimum absolute atomic E-state index is 0.417. The van der Waals surface area contributed by atoms with Gasteiger partial charge in [0.2, 0.25) is 0 Å². The lowest BCUT2D eigenvalue weighted by atomic mass is 10.0. The van der Waals surface area contributed by atoms with Gasteiger partial charge in [-0.25, -0.2) is 5.48 Å². The minimum atomic E-state index is -0.556. The number of carbonyl (C=O) groups excluding carboxylic acids is 1. The fourth-order valence-electron chi connectivity index (χ4n) is 4.29. The molecule has 0 unspecified atom stereocenters. The predicted octanol–water partition coefficient (Wildman–Crippen LogP) is 6.88. The van der Waals surface area contributed by atoms with Crippen LogP contribution in [0.1, 0.15) is 23.0 Å². The van der Waals surface area contributed by atoms with E-state index in [4.69, 9.17) is 10.5 Å². The van der Waals surface area contributed by atoms with Crippen LogP contribution in [-0.4, -0.2) is 21.7 Å². The lowest BCUT2D eigenvalue weighted by Gasteiger charge is -2.13. The maximum absolute atomic E-state index is 12.8. The first-order chi connectivity index (χ1) is 18.0. The van der Waals surface area contributed by atoms with Crippen molar-refractivity contribution in [1.29, 1.82) is 0 Å². The molecule has 0 aliphatic carbocycles. The van der Waals surface area contributed by atoms with E-state index in [9.17, 15) is 10.0 Å². The Hall–Kier alpha value is -3.79. The summed E-state index contributed by atoms with van der Waals surface area (Å²) in [6.07, 6.45) is 0. The van der Waals surface area contributed by atoms with Gasteiger partial charge in [0.25, 0.3) is 5.91 Å². The SMILES string of the molecule is CCOc1ccc(SNc2cc3c(C(=O)NO)c(C)n(Sc4ccc(N)cc4)c3c3ccccc23)cc1. The number of fused-ring (bicyclic) bond motifs is 3. The summed E-state index contributed by atoms with van der Waals surface area (Å²) in [7, 11) is 0. The molecule has 4 aromatic carbocycles. The molecular weight excluding hydrogens is 504 g/mol. The maximum Gasteiger partial charge on any atom is 0.277 e. The van der Waals surface area contributed by atoms with Crippen molar-refractivity contribution in [3.8, 4) is 5.75 Å². The lowest BCUT2D eigenvalue weighted by molar-refractivity contribution is 0.0707. The van der Waals surface area contributed by atoms with Crippen molar-refractivity contribution in [1.82, 2.24) is 9.45 Å². The number of hydroxylamine groups is 1. The molecule has 0 fully saturated rings. The average Bonchev–Trinajstić information content (AvgIpc) is 3.20. The highest BCUT2D eigenvalue weighted by molar-refractivity contribution is 8.00. The molecule has 0 atom stereocenters. The second-order valence-electron chi connectivity index (χ2n) is 8.33. The fourth-order valence-corrected chi connectivity index (χ4v) is 5.95. The monoisotopic (exact) mass is 530 g/mol. The quantitative estimate of drug-likeness (QED) is 0.0751. The molecule has 188 valence electrons. The molecule has 0 saturated heterocycles. The Bertz CT molecular complexity index is 1580. The van der Waals surface area contributed by atoms with Gasteiger partial charge < -0.3 is 15.2 Å². The van der Waals surface area contributed by atoms with E-state index < -0.39 is 5.91 Å². The molecule has 0 bridgehead atoms. The third-order valence-corrected chi connectivity index (χ3v) is 7.93. The third kappa shape index (κ3) is 4.93. The number of nitrogens with one attached hydrogen (secondary N) is 2. The maximum atomic E-state index is 12.8. The number of hydrogen-bond donors (Lipinski definition) is 4. The average molecular weight is 531 g/mol. The number of ether oxygens (including phenoxy) is 1. The molecule has 0 aliphatic heterocycles. The van der Waals surface area contributed by atoms with Crippen molar-refractivity contribution in [2.24, 2.45) is 0 Å². The van der Waals surface area contributed by atoms with E-state index >= 15 is 0 Å². The number of rotatable bonds is 8. The summed E-state index contributed by atoms with van der Waals surface area (Å²) in [5.74, 6) is 0.272. The van der Waals surface area contributed by atoms with E-state index in [1.54, 1.807) is 0 Å². The first-order valence-electron chi connectivity index (χ1n) is 11.7. The van der Waals surface area contributed by atoms with Gasteiger partial charge >= 0.3 is 0 Å². The van der Waals surface area contributed by atoms with Gasteiger partial charge in [-0.15, -0.1) is 0 Å². The van der Waals surface area contributed by atoms with Crippen molar-refractivity contribution in [2.45, 2.75) is 23.6 Å². The van der Waals surface area contributed by atoms with Gasteiger partial charge in [0.1, 0.15) is 5.75 Å². The van der Waals surface area contributed by atoms with Crippen molar-refractivity contribution in [2.75, 3.05) is 17.1 Å². The largest absolute Gasteiger partial charge is 0.494 e. The Morgan fingerprint density at radius 3 is 2.32 bits per heavy atom. The van der Waals surface area contributed by atoms with Crippen molar-refractivity contribution >= 4 is 62.9 Å². The molecule has 0 saturated carbocycles. The summed E-state index contributed by atoms with van der Waals surface area (Å²) in [6.45, 7) is 4.46. The van der Waals surface area contributed by atoms with Gasteiger partial charge in [-0.1, -0.05) is 24.3 Å². The zero-order valence-electron chi connectivity index (χ0n) is 20.3. The molecule has 0 aliphatic rings. The van der Waals surface area contributed by atoms with E-state index in [2.05, 4.69) is 10.8 Å². The Morgan fingerprint density at radius 2 is 1.65 bits per heavy atom. The van der Waals surface area contributed by atoms with Crippen LogP contribution in [-0.2, 0) is 0 Å². The van der Waals surface area contributed by atoms with Gasteiger partial charge in [-0.05, 0) is 92.3 Å². The highest BCUT2D eigenvalue weighted by Gasteiger charge is 2.23. The topological polar surface area (TPSA) is 102 Å². The van der Waals surface area contributed by atoms with Gasteiger partial charge in [0.05, 0.1) is 23.4 Å². The van der Waals surface area contributed by atoms with Crippen LogP contribution in [0.4, 0.5) is 11.4 Å². The van der Waals surface area contributed by atoms with E-state index in [0.717, 1.165) is 48.6 Å². The highest BCUT2D eigenvalue weighted by atomic mass is 32.2. The van der Waals surface area contributed by atoms with Gasteiger partial charge in [-0.3, -0.25) is 14.0 Å². The molecule has 7 nitrogen and oxygen atoms in total. The normalized spacial score (nSPS) is 11.1. The third-order valence-electron chi connectivity index (χ3n) is 5.97. The molecule has 1 amide bonds. The van der Waals surface area contributed by atoms with E-state index in [1.165, 1.54) is 23.9 Å². The van der Waals surface area contributed by atoms with E-state index in [1.807, 2.05) is 96.1 Å². The summed E-state index contributed by atoms with van der Waals surface area (Å²) >= 11 is 2.98. The Balaban J connectivity index is 1.63. The van der Waals surface area contributed by atoms with Crippen LogP contribution in [0, 0.1) is 6.92 Å². The van der Waals surface area contributed by atoms with Gasteiger partial charge in [0.15, 0.2) is 0 Å². The number of nitrogens with two attached hydrogens (primary N) is 1. The Morgan fingerprint density at radius 1 is 0.973 bits per heavy atom. The van der Waals surface area contributed by atoms with Crippen LogP contribution < -0.4 is 20.7 Å². The first kappa shape index (κ1) is 24.9. The molecule has 9 heteroatoms. The van der Waals surface area contributed by atoms with Crippen LogP contribution in [0.2, 0.25) is 0 Å². The highest BCUT2D eigenvalue weighted by Crippen LogP contribution is 2.41. The Kier molecular flexibility index (Phi) is 7.18. The molecule has 5 N–H and O–H groups in total.